The van der Waals surface area contributed by atoms with E-state index < -0.39 is 0 Å². The van der Waals surface area contributed by atoms with E-state index in [1.54, 1.807) is 18.3 Å². The van der Waals surface area contributed by atoms with Gasteiger partial charge in [0, 0.05) is 18.8 Å². The predicted molar refractivity (Wildman–Crippen MR) is 107 cm³/mol. The van der Waals surface area contributed by atoms with Crippen LogP contribution in [0.1, 0.15) is 29.9 Å². The fourth-order valence-electron chi connectivity index (χ4n) is 3.71. The lowest BCUT2D eigenvalue weighted by Gasteiger charge is -2.35. The third-order valence-corrected chi connectivity index (χ3v) is 5.04. The number of rotatable bonds is 5. The molecule has 2 aromatic carbocycles. The smallest absolute Gasteiger partial charge is 0.234 e. The number of ether oxygens (including phenoxy) is 1. The lowest BCUT2D eigenvalue weighted by atomic mass is 9.89. The van der Waals surface area contributed by atoms with Crippen LogP contribution < -0.4 is 4.74 Å². The van der Waals surface area contributed by atoms with Crippen LogP contribution in [0.2, 0.25) is 0 Å². The highest BCUT2D eigenvalue weighted by atomic mass is 16.5. The van der Waals surface area contributed by atoms with Crippen LogP contribution in [0.15, 0.2) is 79.0 Å². The van der Waals surface area contributed by atoms with Gasteiger partial charge in [0.2, 0.25) is 11.8 Å². The minimum atomic E-state index is -0.308. The first-order valence-corrected chi connectivity index (χ1v) is 9.64. The molecular formula is C23H23N3O2. The molecule has 142 valence electrons. The van der Waals surface area contributed by atoms with E-state index in [0.29, 0.717) is 12.4 Å². The number of benzene rings is 2. The van der Waals surface area contributed by atoms with E-state index in [2.05, 4.69) is 10.2 Å². The number of nitrogens with zero attached hydrogens (tertiary/aromatic N) is 3. The molecule has 5 nitrogen and oxygen atoms in total. The molecule has 0 spiro atoms. The standard InChI is InChI=1S/C23H23N3O2/c27-23(22(18-9-3-1-4-10-18)19-11-5-2-6-12-19)26-16-8-13-20(17-26)28-21-14-7-15-24-25-21/h1-7,9-12,14-15,20,22H,8,13,16-17H2. The van der Waals surface area contributed by atoms with Crippen molar-refractivity contribution in [3.8, 4) is 5.88 Å². The molecule has 0 N–H and O–H groups in total. The second-order valence-electron chi connectivity index (χ2n) is 6.98. The van der Waals surface area contributed by atoms with E-state index in [1.807, 2.05) is 65.6 Å². The van der Waals surface area contributed by atoms with Crippen molar-refractivity contribution in [1.82, 2.24) is 15.1 Å². The summed E-state index contributed by atoms with van der Waals surface area (Å²) in [5.41, 5.74) is 2.02. The number of amides is 1. The van der Waals surface area contributed by atoms with Crippen molar-refractivity contribution < 1.29 is 9.53 Å². The molecule has 0 saturated carbocycles. The summed E-state index contributed by atoms with van der Waals surface area (Å²) in [4.78, 5) is 15.5. The summed E-state index contributed by atoms with van der Waals surface area (Å²) in [7, 11) is 0. The fraction of sp³-hybridized carbons (Fsp3) is 0.261. The van der Waals surface area contributed by atoms with Crippen molar-refractivity contribution in [1.29, 1.82) is 0 Å². The zero-order chi connectivity index (χ0) is 19.2. The summed E-state index contributed by atoms with van der Waals surface area (Å²) in [6, 6.07) is 23.6. The summed E-state index contributed by atoms with van der Waals surface area (Å²) in [6.45, 7) is 1.31. The molecule has 0 radical (unpaired) electrons. The number of hydrogen-bond acceptors (Lipinski definition) is 4. The summed E-state index contributed by atoms with van der Waals surface area (Å²) in [6.07, 6.45) is 3.37. The van der Waals surface area contributed by atoms with Gasteiger partial charge in [-0.1, -0.05) is 60.7 Å². The molecule has 4 rings (SSSR count). The molecule has 28 heavy (non-hydrogen) atoms. The van der Waals surface area contributed by atoms with Crippen molar-refractivity contribution in [2.24, 2.45) is 0 Å². The number of carbonyl (C=O) groups excluding carboxylic acids is 1. The molecule has 1 aromatic heterocycles. The highest BCUT2D eigenvalue weighted by molar-refractivity contribution is 5.87. The van der Waals surface area contributed by atoms with Gasteiger partial charge in [-0.2, -0.15) is 5.10 Å². The monoisotopic (exact) mass is 373 g/mol. The first-order valence-electron chi connectivity index (χ1n) is 9.64. The van der Waals surface area contributed by atoms with E-state index in [4.69, 9.17) is 4.74 Å². The van der Waals surface area contributed by atoms with Crippen LogP contribution in [-0.4, -0.2) is 40.2 Å². The lowest BCUT2D eigenvalue weighted by molar-refractivity contribution is -0.134. The van der Waals surface area contributed by atoms with Gasteiger partial charge in [-0.05, 0) is 30.0 Å². The molecule has 0 bridgehead atoms. The zero-order valence-corrected chi connectivity index (χ0v) is 15.6. The highest BCUT2D eigenvalue weighted by Crippen LogP contribution is 2.28. The van der Waals surface area contributed by atoms with Crippen molar-refractivity contribution in [2.75, 3.05) is 13.1 Å². The van der Waals surface area contributed by atoms with E-state index in [9.17, 15) is 4.79 Å². The molecule has 3 aromatic rings. The predicted octanol–water partition coefficient (Wildman–Crippen LogP) is 3.68. The molecule has 1 amide bonds. The van der Waals surface area contributed by atoms with Gasteiger partial charge in [-0.25, -0.2) is 0 Å². The average molecular weight is 373 g/mol. The minimum absolute atomic E-state index is 0.0680. The van der Waals surface area contributed by atoms with Gasteiger partial charge in [-0.3, -0.25) is 4.79 Å². The molecule has 1 atom stereocenters. The third-order valence-electron chi connectivity index (χ3n) is 5.04. The Morgan fingerprint density at radius 2 is 1.64 bits per heavy atom. The van der Waals surface area contributed by atoms with Crippen molar-refractivity contribution in [3.63, 3.8) is 0 Å². The van der Waals surface area contributed by atoms with Gasteiger partial charge in [0.05, 0.1) is 12.5 Å². The quantitative estimate of drug-likeness (QED) is 0.685. The Hall–Kier alpha value is -3.21. The molecule has 1 aliphatic rings. The Morgan fingerprint density at radius 1 is 0.964 bits per heavy atom. The molecule has 1 aliphatic heterocycles. The first-order chi connectivity index (χ1) is 13.8. The largest absolute Gasteiger partial charge is 0.471 e. The Kier molecular flexibility index (Phi) is 5.61. The lowest BCUT2D eigenvalue weighted by Crippen LogP contribution is -2.46. The number of piperidine rings is 1. The van der Waals surface area contributed by atoms with Crippen molar-refractivity contribution >= 4 is 5.91 Å². The van der Waals surface area contributed by atoms with E-state index >= 15 is 0 Å². The molecular weight excluding hydrogens is 350 g/mol. The molecule has 0 aliphatic carbocycles. The van der Waals surface area contributed by atoms with Gasteiger partial charge >= 0.3 is 0 Å². The molecule has 2 heterocycles. The zero-order valence-electron chi connectivity index (χ0n) is 15.6. The van der Waals surface area contributed by atoms with Gasteiger partial charge in [0.1, 0.15) is 6.10 Å². The van der Waals surface area contributed by atoms with Crippen LogP contribution in [-0.2, 0) is 4.79 Å². The van der Waals surface area contributed by atoms with E-state index in [0.717, 1.165) is 30.5 Å². The maximum absolute atomic E-state index is 13.5. The van der Waals surface area contributed by atoms with Crippen molar-refractivity contribution in [3.05, 3.63) is 90.1 Å². The first kappa shape index (κ1) is 18.2. The summed E-state index contributed by atoms with van der Waals surface area (Å²) >= 11 is 0. The van der Waals surface area contributed by atoms with Crippen LogP contribution >= 0.6 is 0 Å². The van der Waals surface area contributed by atoms with Gasteiger partial charge in [-0.15, -0.1) is 5.10 Å². The van der Waals surface area contributed by atoms with E-state index in [1.165, 1.54) is 0 Å². The topological polar surface area (TPSA) is 55.3 Å². The number of aromatic nitrogens is 2. The molecule has 1 saturated heterocycles. The van der Waals surface area contributed by atoms with Crippen LogP contribution in [0.3, 0.4) is 0 Å². The van der Waals surface area contributed by atoms with Crippen LogP contribution in [0.5, 0.6) is 5.88 Å². The minimum Gasteiger partial charge on any atom is -0.471 e. The number of likely N-dealkylation sites (tertiary alicyclic amines) is 1. The molecule has 1 unspecified atom stereocenters. The summed E-state index contributed by atoms with van der Waals surface area (Å²) in [5.74, 6) is 0.312. The van der Waals surface area contributed by atoms with Crippen molar-refractivity contribution in [2.45, 2.75) is 24.9 Å². The number of carbonyl (C=O) groups is 1. The van der Waals surface area contributed by atoms with E-state index in [-0.39, 0.29) is 17.9 Å². The Bertz CT molecular complexity index is 848. The maximum Gasteiger partial charge on any atom is 0.234 e. The third kappa shape index (κ3) is 4.19. The Morgan fingerprint density at radius 3 is 2.25 bits per heavy atom. The van der Waals surface area contributed by atoms with Gasteiger partial charge < -0.3 is 9.64 Å². The number of hydrogen-bond donors (Lipinski definition) is 0. The van der Waals surface area contributed by atoms with Crippen LogP contribution in [0.25, 0.3) is 0 Å². The Balaban J connectivity index is 1.55. The Labute approximate surface area is 165 Å². The molecule has 1 fully saturated rings. The maximum atomic E-state index is 13.5. The second-order valence-corrected chi connectivity index (χ2v) is 6.98. The van der Waals surface area contributed by atoms with Gasteiger partial charge in [0.25, 0.3) is 0 Å². The van der Waals surface area contributed by atoms with Crippen LogP contribution in [0, 0.1) is 0 Å². The van der Waals surface area contributed by atoms with Crippen LogP contribution in [0.4, 0.5) is 0 Å². The van der Waals surface area contributed by atoms with Gasteiger partial charge in [0.15, 0.2) is 0 Å². The summed E-state index contributed by atoms with van der Waals surface area (Å²) in [5, 5.41) is 7.85. The SMILES string of the molecule is O=C(C(c1ccccc1)c1ccccc1)N1CCCC(Oc2cccnn2)C1. The average Bonchev–Trinajstić information content (AvgIpc) is 2.76. The normalized spacial score (nSPS) is 16.8. The second kappa shape index (κ2) is 8.65. The summed E-state index contributed by atoms with van der Waals surface area (Å²) < 4.78 is 5.96. The fourth-order valence-corrected chi connectivity index (χ4v) is 3.71. The molecule has 5 heteroatoms. The highest BCUT2D eigenvalue weighted by Gasteiger charge is 2.31.